The van der Waals surface area contributed by atoms with Gasteiger partial charge in [0.2, 0.25) is 0 Å². The van der Waals surface area contributed by atoms with Gasteiger partial charge in [-0.3, -0.25) is 9.48 Å². The smallest absolute Gasteiger partial charge is 0.260 e. The lowest BCUT2D eigenvalue weighted by Crippen LogP contribution is -2.37. The number of carbonyl (C=O) groups is 1. The molecule has 1 aromatic heterocycles. The maximum atomic E-state index is 13.0. The molecule has 23 heavy (non-hydrogen) atoms. The van der Waals surface area contributed by atoms with Crippen LogP contribution in [0.2, 0.25) is 5.02 Å². The molecule has 0 fully saturated rings. The molecule has 0 saturated heterocycles. The van der Waals surface area contributed by atoms with E-state index in [1.54, 1.807) is 13.1 Å². The second-order valence-electron chi connectivity index (χ2n) is 5.26. The summed E-state index contributed by atoms with van der Waals surface area (Å²) in [5, 5.41) is 7.10. The van der Waals surface area contributed by atoms with Crippen molar-refractivity contribution in [3.05, 3.63) is 47.0 Å². The summed E-state index contributed by atoms with van der Waals surface area (Å²) in [5.74, 6) is -0.418. The number of amides is 1. The average Bonchev–Trinajstić information content (AvgIpc) is 2.91. The standard InChI is InChI=1S/C16H19ClFN3O2/c1-11-9-20-21(10-11)7-3-6-19-16(22)12(2)23-15-5-4-13(18)8-14(15)17/h4-5,8-10,12H,3,6-7H2,1-2H3,(H,19,22)/t12-/m1/s1. The molecule has 0 saturated carbocycles. The van der Waals surface area contributed by atoms with Crippen LogP contribution >= 0.6 is 11.6 Å². The molecule has 1 N–H and O–H groups in total. The summed E-state index contributed by atoms with van der Waals surface area (Å²) in [4.78, 5) is 12.0. The van der Waals surface area contributed by atoms with Gasteiger partial charge >= 0.3 is 0 Å². The van der Waals surface area contributed by atoms with E-state index < -0.39 is 11.9 Å². The third kappa shape index (κ3) is 5.25. The first kappa shape index (κ1) is 17.3. The molecule has 0 aliphatic carbocycles. The van der Waals surface area contributed by atoms with Crippen molar-refractivity contribution in [3.63, 3.8) is 0 Å². The van der Waals surface area contributed by atoms with E-state index in [0.717, 1.165) is 24.6 Å². The zero-order chi connectivity index (χ0) is 16.8. The number of hydrogen-bond donors (Lipinski definition) is 1. The molecular weight excluding hydrogens is 321 g/mol. The zero-order valence-electron chi connectivity index (χ0n) is 13.1. The molecule has 1 amide bonds. The number of ether oxygens (including phenoxy) is 1. The van der Waals surface area contributed by atoms with Crippen LogP contribution in [0.15, 0.2) is 30.6 Å². The number of hydrogen-bond acceptors (Lipinski definition) is 3. The van der Waals surface area contributed by atoms with E-state index in [4.69, 9.17) is 16.3 Å². The summed E-state index contributed by atoms with van der Waals surface area (Å²) in [5.41, 5.74) is 1.10. The van der Waals surface area contributed by atoms with Crippen molar-refractivity contribution >= 4 is 17.5 Å². The Bertz CT molecular complexity index is 675. The summed E-state index contributed by atoms with van der Waals surface area (Å²) in [7, 11) is 0. The Balaban J connectivity index is 1.74. The number of rotatable bonds is 7. The van der Waals surface area contributed by atoms with E-state index in [1.165, 1.54) is 12.1 Å². The van der Waals surface area contributed by atoms with Crippen LogP contribution in [0.5, 0.6) is 5.75 Å². The molecule has 0 spiro atoms. The summed E-state index contributed by atoms with van der Waals surface area (Å²) in [6, 6.07) is 3.78. The van der Waals surface area contributed by atoms with Crippen LogP contribution in [0, 0.1) is 12.7 Å². The van der Waals surface area contributed by atoms with Crippen LogP contribution in [0.25, 0.3) is 0 Å². The Morgan fingerprint density at radius 1 is 1.52 bits per heavy atom. The minimum absolute atomic E-state index is 0.138. The van der Waals surface area contributed by atoms with Gasteiger partial charge in [0.15, 0.2) is 6.10 Å². The van der Waals surface area contributed by atoms with Crippen LogP contribution in [0.4, 0.5) is 4.39 Å². The van der Waals surface area contributed by atoms with E-state index in [0.29, 0.717) is 6.54 Å². The Hall–Kier alpha value is -2.08. The summed E-state index contributed by atoms with van der Waals surface area (Å²) in [6.45, 7) is 4.84. The molecule has 2 aromatic rings. The largest absolute Gasteiger partial charge is 0.479 e. The molecule has 1 heterocycles. The van der Waals surface area contributed by atoms with E-state index in [-0.39, 0.29) is 16.7 Å². The first-order chi connectivity index (χ1) is 11.0. The molecule has 1 atom stereocenters. The number of benzene rings is 1. The lowest BCUT2D eigenvalue weighted by molar-refractivity contribution is -0.127. The van der Waals surface area contributed by atoms with Gasteiger partial charge in [0.05, 0.1) is 11.2 Å². The van der Waals surface area contributed by atoms with Gasteiger partial charge in [0, 0.05) is 19.3 Å². The first-order valence-corrected chi connectivity index (χ1v) is 7.72. The van der Waals surface area contributed by atoms with Gasteiger partial charge in [-0.25, -0.2) is 4.39 Å². The highest BCUT2D eigenvalue weighted by molar-refractivity contribution is 6.32. The van der Waals surface area contributed by atoms with E-state index in [9.17, 15) is 9.18 Å². The summed E-state index contributed by atoms with van der Waals surface area (Å²) >= 11 is 5.87. The van der Waals surface area contributed by atoms with Gasteiger partial charge in [-0.1, -0.05) is 11.6 Å². The van der Waals surface area contributed by atoms with Crippen molar-refractivity contribution in [1.29, 1.82) is 0 Å². The fourth-order valence-electron chi connectivity index (χ4n) is 2.00. The third-order valence-corrected chi connectivity index (χ3v) is 3.49. The molecule has 124 valence electrons. The Morgan fingerprint density at radius 2 is 2.30 bits per heavy atom. The Kier molecular flexibility index (Phi) is 5.98. The molecule has 1 aromatic carbocycles. The van der Waals surface area contributed by atoms with Crippen LogP contribution < -0.4 is 10.1 Å². The Labute approximate surface area is 139 Å². The summed E-state index contributed by atoms with van der Waals surface area (Å²) in [6.07, 6.45) is 3.78. The SMILES string of the molecule is Cc1cnn(CCCNC(=O)[C@@H](C)Oc2ccc(F)cc2Cl)c1. The highest BCUT2D eigenvalue weighted by Gasteiger charge is 2.15. The van der Waals surface area contributed by atoms with Gasteiger partial charge in [-0.2, -0.15) is 5.10 Å². The fraction of sp³-hybridized carbons (Fsp3) is 0.375. The number of halogens is 2. The number of aromatic nitrogens is 2. The maximum absolute atomic E-state index is 13.0. The molecule has 0 unspecified atom stereocenters. The van der Waals surface area contributed by atoms with Crippen LogP contribution in [0.3, 0.4) is 0 Å². The van der Waals surface area contributed by atoms with Crippen LogP contribution in [0.1, 0.15) is 18.9 Å². The van der Waals surface area contributed by atoms with Crippen LogP contribution in [-0.2, 0) is 11.3 Å². The van der Waals surface area contributed by atoms with Crippen molar-refractivity contribution in [2.24, 2.45) is 0 Å². The lowest BCUT2D eigenvalue weighted by Gasteiger charge is -2.15. The van der Waals surface area contributed by atoms with Crippen molar-refractivity contribution in [1.82, 2.24) is 15.1 Å². The molecule has 5 nitrogen and oxygen atoms in total. The van der Waals surface area contributed by atoms with E-state index >= 15 is 0 Å². The second kappa shape index (κ2) is 7.97. The number of aryl methyl sites for hydroxylation is 2. The summed E-state index contributed by atoms with van der Waals surface area (Å²) < 4.78 is 20.2. The highest BCUT2D eigenvalue weighted by atomic mass is 35.5. The van der Waals surface area contributed by atoms with Crippen LogP contribution in [-0.4, -0.2) is 28.3 Å². The van der Waals surface area contributed by atoms with Crippen molar-refractivity contribution in [2.45, 2.75) is 32.9 Å². The molecule has 0 radical (unpaired) electrons. The van der Waals surface area contributed by atoms with E-state index in [2.05, 4.69) is 10.4 Å². The predicted octanol–water partition coefficient (Wildman–Crippen LogP) is 2.96. The highest BCUT2D eigenvalue weighted by Crippen LogP contribution is 2.25. The minimum atomic E-state index is -0.718. The van der Waals surface area contributed by atoms with Gasteiger partial charge in [0.1, 0.15) is 11.6 Å². The molecule has 0 bridgehead atoms. The molecule has 2 rings (SSSR count). The molecule has 0 aliphatic rings. The Morgan fingerprint density at radius 3 is 2.96 bits per heavy atom. The molecule has 0 aliphatic heterocycles. The van der Waals surface area contributed by atoms with Gasteiger partial charge in [0.25, 0.3) is 5.91 Å². The second-order valence-corrected chi connectivity index (χ2v) is 5.67. The number of carbonyl (C=O) groups excluding carboxylic acids is 1. The maximum Gasteiger partial charge on any atom is 0.260 e. The quantitative estimate of drug-likeness (QED) is 0.789. The topological polar surface area (TPSA) is 56.2 Å². The van der Waals surface area contributed by atoms with Crippen molar-refractivity contribution in [3.8, 4) is 5.75 Å². The monoisotopic (exact) mass is 339 g/mol. The third-order valence-electron chi connectivity index (χ3n) is 3.19. The minimum Gasteiger partial charge on any atom is -0.479 e. The van der Waals surface area contributed by atoms with E-state index in [1.807, 2.05) is 17.8 Å². The normalized spacial score (nSPS) is 12.0. The lowest BCUT2D eigenvalue weighted by atomic mass is 10.3. The van der Waals surface area contributed by atoms with Gasteiger partial charge in [-0.05, 0) is 44.0 Å². The number of nitrogens with one attached hydrogen (secondary N) is 1. The van der Waals surface area contributed by atoms with Crippen molar-refractivity contribution < 1.29 is 13.9 Å². The van der Waals surface area contributed by atoms with Gasteiger partial charge < -0.3 is 10.1 Å². The average molecular weight is 340 g/mol. The molecule has 7 heteroatoms. The first-order valence-electron chi connectivity index (χ1n) is 7.34. The zero-order valence-corrected chi connectivity index (χ0v) is 13.8. The molecular formula is C16H19ClFN3O2. The van der Waals surface area contributed by atoms with Crippen molar-refractivity contribution in [2.75, 3.05) is 6.54 Å². The number of nitrogens with zero attached hydrogens (tertiary/aromatic N) is 2. The predicted molar refractivity (Wildman–Crippen MR) is 86.1 cm³/mol. The van der Waals surface area contributed by atoms with Gasteiger partial charge in [-0.15, -0.1) is 0 Å². The fourth-order valence-corrected chi connectivity index (χ4v) is 2.21.